The van der Waals surface area contributed by atoms with E-state index in [0.29, 0.717) is 6.54 Å². The molecule has 0 saturated carbocycles. The average molecular weight is 261 g/mol. The second kappa shape index (κ2) is 5.73. The van der Waals surface area contributed by atoms with Gasteiger partial charge in [-0.05, 0) is 18.6 Å². The summed E-state index contributed by atoms with van der Waals surface area (Å²) in [6.45, 7) is 2.69. The molecule has 0 amide bonds. The number of nitrogens with zero attached hydrogens (tertiary/aromatic N) is 3. The fourth-order valence-corrected chi connectivity index (χ4v) is 2.59. The maximum absolute atomic E-state index is 10.9. The third-order valence-electron chi connectivity index (χ3n) is 2.61. The fourth-order valence-electron chi connectivity index (χ4n) is 1.66. The van der Waals surface area contributed by atoms with Crippen molar-refractivity contribution >= 4 is 22.8 Å². The molecule has 94 valence electrons. The lowest BCUT2D eigenvalue weighted by Crippen LogP contribution is -2.16. The van der Waals surface area contributed by atoms with Crippen molar-refractivity contribution in [3.63, 3.8) is 0 Å². The second-order valence-electron chi connectivity index (χ2n) is 3.96. The highest BCUT2D eigenvalue weighted by atomic mass is 32.1. The molecule has 0 aromatic carbocycles. The summed E-state index contributed by atoms with van der Waals surface area (Å²) in [5.41, 5.74) is 1.86. The highest BCUT2D eigenvalue weighted by molar-refractivity contribution is 7.17. The molecule has 0 spiro atoms. The van der Waals surface area contributed by atoms with Crippen LogP contribution in [0.15, 0.2) is 24.4 Å². The topological polar surface area (TPSA) is 46.1 Å². The van der Waals surface area contributed by atoms with Gasteiger partial charge in [-0.1, -0.05) is 24.3 Å². The average Bonchev–Trinajstić information content (AvgIpc) is 2.83. The van der Waals surface area contributed by atoms with Crippen LogP contribution in [-0.2, 0) is 13.0 Å². The zero-order chi connectivity index (χ0) is 13.0. The Morgan fingerprint density at radius 1 is 1.44 bits per heavy atom. The Morgan fingerprint density at radius 3 is 2.83 bits per heavy atom. The molecule has 5 heteroatoms. The number of aldehydes is 1. The van der Waals surface area contributed by atoms with Crippen LogP contribution < -0.4 is 4.90 Å². The molecular formula is C13H15N3OS. The normalized spacial score (nSPS) is 10.3. The molecule has 0 aliphatic carbocycles. The molecule has 2 heterocycles. The Labute approximate surface area is 110 Å². The number of thiazole rings is 1. The van der Waals surface area contributed by atoms with Gasteiger partial charge >= 0.3 is 0 Å². The van der Waals surface area contributed by atoms with Crippen LogP contribution in [0.5, 0.6) is 0 Å². The van der Waals surface area contributed by atoms with Gasteiger partial charge in [0, 0.05) is 13.2 Å². The standard InChI is InChI=1S/C13H15N3OS/c1-3-11-12(9-17)18-13(15-11)16(2)8-10-6-4-5-7-14-10/h4-7,9H,3,8H2,1-2H3. The summed E-state index contributed by atoms with van der Waals surface area (Å²) in [6, 6.07) is 5.84. The van der Waals surface area contributed by atoms with E-state index in [-0.39, 0.29) is 0 Å². The van der Waals surface area contributed by atoms with Crippen LogP contribution in [0, 0.1) is 0 Å². The van der Waals surface area contributed by atoms with Crippen molar-refractivity contribution in [1.82, 2.24) is 9.97 Å². The molecule has 0 bridgehead atoms. The Hall–Kier alpha value is -1.75. The number of aromatic nitrogens is 2. The maximum Gasteiger partial charge on any atom is 0.186 e. The lowest BCUT2D eigenvalue weighted by molar-refractivity contribution is 0.112. The molecule has 0 atom stereocenters. The molecule has 0 aliphatic rings. The number of hydrogen-bond donors (Lipinski definition) is 0. The molecule has 0 saturated heterocycles. The molecule has 0 fully saturated rings. The fraction of sp³-hybridized carbons (Fsp3) is 0.308. The Kier molecular flexibility index (Phi) is 4.04. The van der Waals surface area contributed by atoms with Crippen molar-refractivity contribution in [2.45, 2.75) is 19.9 Å². The Balaban J connectivity index is 2.16. The minimum atomic E-state index is 0.690. The van der Waals surface area contributed by atoms with Crippen LogP contribution in [0.1, 0.15) is 28.0 Å². The monoisotopic (exact) mass is 261 g/mol. The first-order valence-corrected chi connectivity index (χ1v) is 6.62. The zero-order valence-corrected chi connectivity index (χ0v) is 11.3. The van der Waals surface area contributed by atoms with Crippen LogP contribution >= 0.6 is 11.3 Å². The van der Waals surface area contributed by atoms with E-state index in [9.17, 15) is 4.79 Å². The predicted molar refractivity (Wildman–Crippen MR) is 73.2 cm³/mol. The van der Waals surface area contributed by atoms with Gasteiger partial charge in [0.2, 0.25) is 0 Å². The summed E-state index contributed by atoms with van der Waals surface area (Å²) < 4.78 is 0. The molecule has 2 aromatic heterocycles. The first-order chi connectivity index (χ1) is 8.74. The van der Waals surface area contributed by atoms with Crippen molar-refractivity contribution < 1.29 is 4.79 Å². The predicted octanol–water partition coefficient (Wildman–Crippen LogP) is 2.55. The SMILES string of the molecule is CCc1nc(N(C)Cc2ccccn2)sc1C=O. The third-order valence-corrected chi connectivity index (χ3v) is 3.75. The van der Waals surface area contributed by atoms with E-state index in [4.69, 9.17) is 0 Å². The van der Waals surface area contributed by atoms with Gasteiger partial charge in [-0.25, -0.2) is 4.98 Å². The minimum absolute atomic E-state index is 0.690. The third kappa shape index (κ3) is 2.73. The van der Waals surface area contributed by atoms with Gasteiger partial charge in [0.25, 0.3) is 0 Å². The number of carbonyl (C=O) groups excluding carboxylic acids is 1. The van der Waals surface area contributed by atoms with E-state index < -0.39 is 0 Å². The van der Waals surface area contributed by atoms with Gasteiger partial charge < -0.3 is 4.90 Å². The van der Waals surface area contributed by atoms with Gasteiger partial charge in [-0.2, -0.15) is 0 Å². The van der Waals surface area contributed by atoms with E-state index in [1.54, 1.807) is 6.20 Å². The van der Waals surface area contributed by atoms with Gasteiger partial charge in [0.1, 0.15) is 0 Å². The van der Waals surface area contributed by atoms with Crippen LogP contribution in [0.2, 0.25) is 0 Å². The smallest absolute Gasteiger partial charge is 0.186 e. The van der Waals surface area contributed by atoms with Crippen molar-refractivity contribution in [3.05, 3.63) is 40.7 Å². The minimum Gasteiger partial charge on any atom is -0.345 e. The first kappa shape index (κ1) is 12.7. The summed E-state index contributed by atoms with van der Waals surface area (Å²) in [7, 11) is 1.96. The summed E-state index contributed by atoms with van der Waals surface area (Å²) in [6.07, 6.45) is 3.44. The molecule has 18 heavy (non-hydrogen) atoms. The van der Waals surface area contributed by atoms with E-state index in [1.807, 2.05) is 37.1 Å². The lowest BCUT2D eigenvalue weighted by Gasteiger charge is -2.14. The van der Waals surface area contributed by atoms with Crippen molar-refractivity contribution in [1.29, 1.82) is 0 Å². The largest absolute Gasteiger partial charge is 0.345 e. The summed E-state index contributed by atoms with van der Waals surface area (Å²) >= 11 is 1.43. The van der Waals surface area contributed by atoms with Crippen LogP contribution in [0.3, 0.4) is 0 Å². The van der Waals surface area contributed by atoms with Gasteiger partial charge in [-0.15, -0.1) is 0 Å². The number of hydrogen-bond acceptors (Lipinski definition) is 5. The Morgan fingerprint density at radius 2 is 2.28 bits per heavy atom. The van der Waals surface area contributed by atoms with Gasteiger partial charge in [0.05, 0.1) is 22.8 Å². The Bertz CT molecular complexity index is 524. The molecule has 2 aromatic rings. The molecule has 0 aliphatic heterocycles. The summed E-state index contributed by atoms with van der Waals surface area (Å²) in [5.74, 6) is 0. The highest BCUT2D eigenvalue weighted by Gasteiger charge is 2.12. The number of aryl methyl sites for hydroxylation is 1. The molecule has 0 unspecified atom stereocenters. The van der Waals surface area contributed by atoms with E-state index >= 15 is 0 Å². The molecule has 0 N–H and O–H groups in total. The number of rotatable bonds is 5. The van der Waals surface area contributed by atoms with Crippen molar-refractivity contribution in [2.75, 3.05) is 11.9 Å². The summed E-state index contributed by atoms with van der Waals surface area (Å²) in [4.78, 5) is 22.4. The molecular weight excluding hydrogens is 246 g/mol. The van der Waals surface area contributed by atoms with Crippen LogP contribution in [-0.4, -0.2) is 23.3 Å². The second-order valence-corrected chi connectivity index (χ2v) is 4.97. The lowest BCUT2D eigenvalue weighted by atomic mass is 10.3. The molecule has 4 nitrogen and oxygen atoms in total. The maximum atomic E-state index is 10.9. The molecule has 0 radical (unpaired) electrons. The number of anilines is 1. The van der Waals surface area contributed by atoms with Gasteiger partial charge in [-0.3, -0.25) is 9.78 Å². The number of pyridine rings is 1. The summed E-state index contributed by atoms with van der Waals surface area (Å²) in [5, 5.41) is 0.861. The van der Waals surface area contributed by atoms with Gasteiger partial charge in [0.15, 0.2) is 11.4 Å². The van der Waals surface area contributed by atoms with E-state index in [1.165, 1.54) is 11.3 Å². The first-order valence-electron chi connectivity index (χ1n) is 5.80. The quantitative estimate of drug-likeness (QED) is 0.776. The van der Waals surface area contributed by atoms with E-state index in [2.05, 4.69) is 9.97 Å². The molecule has 2 rings (SSSR count). The van der Waals surface area contributed by atoms with E-state index in [0.717, 1.165) is 34.1 Å². The van der Waals surface area contributed by atoms with Crippen LogP contribution in [0.4, 0.5) is 5.13 Å². The van der Waals surface area contributed by atoms with Crippen LogP contribution in [0.25, 0.3) is 0 Å². The van der Waals surface area contributed by atoms with Crippen molar-refractivity contribution in [2.24, 2.45) is 0 Å². The number of carbonyl (C=O) groups is 1. The highest BCUT2D eigenvalue weighted by Crippen LogP contribution is 2.25. The van der Waals surface area contributed by atoms with Crippen molar-refractivity contribution in [3.8, 4) is 0 Å². The zero-order valence-electron chi connectivity index (χ0n) is 10.5.